The first-order valence-electron chi connectivity index (χ1n) is 8.95. The maximum atomic E-state index is 9.94. The summed E-state index contributed by atoms with van der Waals surface area (Å²) in [6.07, 6.45) is 1.65. The largest absolute Gasteiger partial charge is 0.507 e. The number of hydrogen-bond donors (Lipinski definition) is 2. The molecule has 0 radical (unpaired) electrons. The Labute approximate surface area is 161 Å². The number of nitrogens with zero attached hydrogens (tertiary/aromatic N) is 3. The Balaban J connectivity index is 1.61. The molecular weight excluding hydrogens is 348 g/mol. The van der Waals surface area contributed by atoms with Gasteiger partial charge in [0.05, 0.1) is 22.2 Å². The summed E-state index contributed by atoms with van der Waals surface area (Å²) in [6.45, 7) is 0. The van der Waals surface area contributed by atoms with Gasteiger partial charge >= 0.3 is 0 Å². The molecule has 0 bridgehead atoms. The lowest BCUT2D eigenvalue weighted by Crippen LogP contribution is -1.88. The number of nitrogens with one attached hydrogen (secondary N) is 1. The zero-order chi connectivity index (χ0) is 18.9. The minimum absolute atomic E-state index is 0.197. The van der Waals surface area contributed by atoms with Gasteiger partial charge < -0.3 is 10.1 Å². The van der Waals surface area contributed by atoms with E-state index in [9.17, 15) is 5.11 Å². The second-order valence-corrected chi connectivity index (χ2v) is 6.46. The number of phenols is 1. The Morgan fingerprint density at radius 1 is 0.821 bits per heavy atom. The monoisotopic (exact) mass is 364 g/mol. The summed E-state index contributed by atoms with van der Waals surface area (Å²) in [5, 5.41) is 10.9. The molecule has 3 aromatic carbocycles. The lowest BCUT2D eigenvalue weighted by Gasteiger charge is -2.04. The molecule has 2 aromatic heterocycles. The van der Waals surface area contributed by atoms with E-state index >= 15 is 0 Å². The number of aromatic hydroxyl groups is 1. The Morgan fingerprint density at radius 3 is 2.57 bits per heavy atom. The van der Waals surface area contributed by atoms with E-state index in [4.69, 9.17) is 4.98 Å². The maximum Gasteiger partial charge on any atom is 0.157 e. The third-order valence-electron chi connectivity index (χ3n) is 4.61. The van der Waals surface area contributed by atoms with Crippen molar-refractivity contribution >= 4 is 33.8 Å². The number of imidazole rings is 1. The number of H-pyrrole nitrogens is 1. The molecule has 28 heavy (non-hydrogen) atoms. The molecule has 0 aliphatic rings. The summed E-state index contributed by atoms with van der Waals surface area (Å²) in [6, 6.07) is 24.8. The van der Waals surface area contributed by atoms with Crippen LogP contribution < -0.4 is 0 Å². The summed E-state index contributed by atoms with van der Waals surface area (Å²) >= 11 is 0. The predicted molar refractivity (Wildman–Crippen MR) is 112 cm³/mol. The average molecular weight is 364 g/mol. The fraction of sp³-hybridized carbons (Fsp3) is 0. The lowest BCUT2D eigenvalue weighted by atomic mass is 10.1. The van der Waals surface area contributed by atoms with Gasteiger partial charge in [0.1, 0.15) is 11.4 Å². The van der Waals surface area contributed by atoms with E-state index in [1.807, 2.05) is 66.7 Å². The van der Waals surface area contributed by atoms with Crippen molar-refractivity contribution in [3.63, 3.8) is 0 Å². The van der Waals surface area contributed by atoms with Gasteiger partial charge in [-0.25, -0.2) is 9.97 Å². The molecule has 0 fully saturated rings. The molecule has 0 saturated carbocycles. The van der Waals surface area contributed by atoms with E-state index in [-0.39, 0.29) is 5.75 Å². The summed E-state index contributed by atoms with van der Waals surface area (Å²) in [7, 11) is 0. The molecule has 0 aliphatic carbocycles. The van der Waals surface area contributed by atoms with Gasteiger partial charge in [-0.2, -0.15) is 0 Å². The van der Waals surface area contributed by atoms with Crippen molar-refractivity contribution in [2.24, 2.45) is 4.99 Å². The van der Waals surface area contributed by atoms with E-state index in [1.165, 1.54) is 0 Å². The normalized spacial score (nSPS) is 11.6. The van der Waals surface area contributed by atoms with E-state index in [1.54, 1.807) is 18.3 Å². The molecule has 5 rings (SSSR count). The molecule has 5 heteroatoms. The summed E-state index contributed by atoms with van der Waals surface area (Å²) in [5.74, 6) is 0.921. The quantitative estimate of drug-likeness (QED) is 0.430. The molecule has 0 spiro atoms. The average Bonchev–Trinajstić information content (AvgIpc) is 3.17. The number of para-hydroxylation sites is 4. The third kappa shape index (κ3) is 2.89. The molecule has 5 nitrogen and oxygen atoms in total. The van der Waals surface area contributed by atoms with E-state index < -0.39 is 0 Å². The van der Waals surface area contributed by atoms with E-state index in [0.29, 0.717) is 5.56 Å². The van der Waals surface area contributed by atoms with Crippen LogP contribution in [-0.4, -0.2) is 26.3 Å². The van der Waals surface area contributed by atoms with Crippen LogP contribution in [0.1, 0.15) is 5.56 Å². The van der Waals surface area contributed by atoms with Crippen LogP contribution in [0.5, 0.6) is 5.75 Å². The molecular formula is C23H16N4O. The standard InChI is InChI=1S/C23H16N4O/c28-21-11-4-1-6-16(21)14-24-19-10-5-7-15-12-13-20(25-22(15)19)23-26-17-8-2-3-9-18(17)27-23/h1-14,28H,(H,26,27). The van der Waals surface area contributed by atoms with Crippen LogP contribution in [0.25, 0.3) is 33.5 Å². The lowest BCUT2D eigenvalue weighted by molar-refractivity contribution is 0.474. The van der Waals surface area contributed by atoms with Gasteiger partial charge in [-0.3, -0.25) is 4.99 Å². The molecule has 0 atom stereocenters. The number of pyridine rings is 1. The van der Waals surface area contributed by atoms with Crippen molar-refractivity contribution in [3.8, 4) is 17.3 Å². The number of benzene rings is 3. The molecule has 0 amide bonds. The number of aliphatic imine (C=N–C) groups is 1. The van der Waals surface area contributed by atoms with Gasteiger partial charge in [-0.05, 0) is 36.4 Å². The van der Waals surface area contributed by atoms with Crippen LogP contribution in [0.4, 0.5) is 5.69 Å². The number of aromatic nitrogens is 3. The van der Waals surface area contributed by atoms with Gasteiger partial charge in [-0.1, -0.05) is 42.5 Å². The maximum absolute atomic E-state index is 9.94. The predicted octanol–water partition coefficient (Wildman–Crippen LogP) is 5.23. The highest BCUT2D eigenvalue weighted by molar-refractivity contribution is 5.94. The summed E-state index contributed by atoms with van der Waals surface area (Å²) in [5.41, 5.74) is 4.82. The molecule has 0 unspecified atom stereocenters. The van der Waals surface area contributed by atoms with Crippen molar-refractivity contribution in [1.82, 2.24) is 15.0 Å². The van der Waals surface area contributed by atoms with Crippen LogP contribution >= 0.6 is 0 Å². The first-order valence-corrected chi connectivity index (χ1v) is 8.95. The van der Waals surface area contributed by atoms with Gasteiger partial charge in [-0.15, -0.1) is 0 Å². The van der Waals surface area contributed by atoms with Crippen molar-refractivity contribution < 1.29 is 5.11 Å². The molecule has 0 saturated heterocycles. The van der Waals surface area contributed by atoms with Gasteiger partial charge in [0, 0.05) is 17.2 Å². The van der Waals surface area contributed by atoms with Crippen LogP contribution in [-0.2, 0) is 0 Å². The number of fused-ring (bicyclic) bond motifs is 2. The topological polar surface area (TPSA) is 74.2 Å². The SMILES string of the molecule is Oc1ccccc1C=Nc1cccc2ccc(-c3nc4ccccc4[nH]3)nc12. The fourth-order valence-corrected chi connectivity index (χ4v) is 3.18. The Hall–Kier alpha value is -3.99. The first kappa shape index (κ1) is 16.2. The van der Waals surface area contributed by atoms with Gasteiger partial charge in [0.15, 0.2) is 5.82 Å². The highest BCUT2D eigenvalue weighted by Crippen LogP contribution is 2.28. The highest BCUT2D eigenvalue weighted by atomic mass is 16.3. The second-order valence-electron chi connectivity index (χ2n) is 6.46. The number of rotatable bonds is 3. The molecule has 134 valence electrons. The smallest absolute Gasteiger partial charge is 0.157 e. The fourth-order valence-electron chi connectivity index (χ4n) is 3.18. The van der Waals surface area contributed by atoms with Gasteiger partial charge in [0.25, 0.3) is 0 Å². The Bertz CT molecular complexity index is 1300. The van der Waals surface area contributed by atoms with E-state index in [0.717, 1.165) is 39.1 Å². The third-order valence-corrected chi connectivity index (χ3v) is 4.61. The molecule has 2 heterocycles. The van der Waals surface area contributed by atoms with Crippen LogP contribution in [0.15, 0.2) is 83.9 Å². The Morgan fingerprint density at radius 2 is 1.68 bits per heavy atom. The second kappa shape index (κ2) is 6.63. The zero-order valence-corrected chi connectivity index (χ0v) is 14.9. The highest BCUT2D eigenvalue weighted by Gasteiger charge is 2.09. The summed E-state index contributed by atoms with van der Waals surface area (Å²) in [4.78, 5) is 17.3. The summed E-state index contributed by atoms with van der Waals surface area (Å²) < 4.78 is 0. The number of hydrogen-bond acceptors (Lipinski definition) is 4. The minimum Gasteiger partial charge on any atom is -0.507 e. The van der Waals surface area contributed by atoms with Crippen LogP contribution in [0.3, 0.4) is 0 Å². The number of aromatic amines is 1. The van der Waals surface area contributed by atoms with Crippen LogP contribution in [0, 0.1) is 0 Å². The number of phenolic OH excluding ortho intramolecular Hbond substituents is 1. The van der Waals surface area contributed by atoms with Crippen molar-refractivity contribution in [1.29, 1.82) is 0 Å². The molecule has 5 aromatic rings. The van der Waals surface area contributed by atoms with Crippen molar-refractivity contribution in [2.45, 2.75) is 0 Å². The van der Waals surface area contributed by atoms with Gasteiger partial charge in [0.2, 0.25) is 0 Å². The van der Waals surface area contributed by atoms with Crippen molar-refractivity contribution in [2.75, 3.05) is 0 Å². The van der Waals surface area contributed by atoms with Crippen molar-refractivity contribution in [3.05, 3.63) is 84.4 Å². The first-order chi connectivity index (χ1) is 13.8. The molecule has 0 aliphatic heterocycles. The Kier molecular flexibility index (Phi) is 3.84. The van der Waals surface area contributed by atoms with Crippen LogP contribution in [0.2, 0.25) is 0 Å². The van der Waals surface area contributed by atoms with E-state index in [2.05, 4.69) is 15.0 Å². The molecule has 2 N–H and O–H groups in total. The zero-order valence-electron chi connectivity index (χ0n) is 14.9. The minimum atomic E-state index is 0.197.